The zero-order valence-electron chi connectivity index (χ0n) is 25.0. The van der Waals surface area contributed by atoms with Crippen LogP contribution in [0, 0.1) is 0 Å². The van der Waals surface area contributed by atoms with Crippen LogP contribution in [0.5, 0.6) is 0 Å². The lowest BCUT2D eigenvalue weighted by molar-refractivity contribution is -0.134. The van der Waals surface area contributed by atoms with Crippen LogP contribution < -0.4 is 15.8 Å². The van der Waals surface area contributed by atoms with Gasteiger partial charge in [-0.1, -0.05) is 77.9 Å². The molecule has 0 bridgehead atoms. The molecule has 0 atom stereocenters. The molecular formula is C33H38Cl3N5O2S2. The highest BCUT2D eigenvalue weighted by Gasteiger charge is 2.46. The number of primary amides is 1. The molecule has 7 nitrogen and oxygen atoms in total. The number of rotatable bonds is 12. The van der Waals surface area contributed by atoms with Gasteiger partial charge < -0.3 is 16.0 Å². The van der Waals surface area contributed by atoms with Crippen LogP contribution in [-0.4, -0.2) is 66.4 Å². The Hall–Kier alpha value is -2.24. The van der Waals surface area contributed by atoms with E-state index in [1.807, 2.05) is 35.2 Å². The molecule has 45 heavy (non-hydrogen) atoms. The van der Waals surface area contributed by atoms with Crippen LogP contribution in [0.4, 0.5) is 5.69 Å². The number of piperidine rings is 2. The van der Waals surface area contributed by atoms with Crippen molar-refractivity contribution >= 4 is 75.6 Å². The summed E-state index contributed by atoms with van der Waals surface area (Å²) in [6, 6.07) is 13.0. The lowest BCUT2D eigenvalue weighted by Gasteiger charge is -2.48. The van der Waals surface area contributed by atoms with E-state index in [2.05, 4.69) is 21.5 Å². The predicted molar refractivity (Wildman–Crippen MR) is 192 cm³/mol. The Morgan fingerprint density at radius 1 is 0.978 bits per heavy atom. The molecule has 4 N–H and O–H groups in total. The summed E-state index contributed by atoms with van der Waals surface area (Å²) in [4.78, 5) is 32.9. The minimum Gasteiger partial charge on any atom is -0.383 e. The van der Waals surface area contributed by atoms with Crippen molar-refractivity contribution in [2.75, 3.05) is 44.6 Å². The first-order chi connectivity index (χ1) is 21.7. The molecule has 0 saturated carbocycles. The Kier molecular flexibility index (Phi) is 11.8. The molecule has 0 radical (unpaired) electrons. The predicted octanol–water partition coefficient (Wildman–Crippen LogP) is 8.17. The van der Waals surface area contributed by atoms with Crippen molar-refractivity contribution in [2.24, 2.45) is 5.73 Å². The molecule has 3 aromatic rings. The number of carbonyl (C=O) groups excluding carboxylic acids is 2. The number of nitrogens with zero attached hydrogens (tertiary/aromatic N) is 2. The number of nitrogens with one attached hydrogen (secondary N) is 2. The number of thiophene rings is 1. The summed E-state index contributed by atoms with van der Waals surface area (Å²) in [5.41, 5.74) is 8.68. The first-order valence-electron chi connectivity index (χ1n) is 15.2. The SMILES string of the molecule is C=CSNCCCNc1c(C(=O)N2CCC(C(N)=O)(N3CCCCC3)CC2)sc(-c2ccc(Cl)cc2Cl)c1-c1ccc(Cl)cc1. The van der Waals surface area contributed by atoms with Gasteiger partial charge in [0.05, 0.1) is 10.7 Å². The van der Waals surface area contributed by atoms with E-state index in [0.717, 1.165) is 66.2 Å². The minimum atomic E-state index is -0.708. The Morgan fingerprint density at radius 2 is 1.67 bits per heavy atom. The first kappa shape index (κ1) is 34.1. The van der Waals surface area contributed by atoms with Crippen molar-refractivity contribution in [3.63, 3.8) is 0 Å². The summed E-state index contributed by atoms with van der Waals surface area (Å²) < 4.78 is 3.25. The Balaban J connectivity index is 1.52. The van der Waals surface area contributed by atoms with Crippen molar-refractivity contribution in [3.8, 4) is 21.6 Å². The summed E-state index contributed by atoms with van der Waals surface area (Å²) in [6.45, 7) is 7.76. The number of amides is 2. The van der Waals surface area contributed by atoms with Crippen LogP contribution in [0.15, 0.2) is 54.5 Å². The first-order valence-corrected chi connectivity index (χ1v) is 18.0. The Bertz CT molecular complexity index is 1520. The normalized spacial score (nSPS) is 16.8. The summed E-state index contributed by atoms with van der Waals surface area (Å²) >= 11 is 22.2. The maximum atomic E-state index is 14.4. The molecule has 0 unspecified atom stereocenters. The molecule has 2 amide bonds. The van der Waals surface area contributed by atoms with Crippen LogP contribution in [0.2, 0.25) is 15.1 Å². The van der Waals surface area contributed by atoms with Gasteiger partial charge in [0.15, 0.2) is 0 Å². The third-order valence-electron chi connectivity index (χ3n) is 8.63. The fourth-order valence-electron chi connectivity index (χ4n) is 6.26. The molecule has 2 aromatic carbocycles. The second-order valence-corrected chi connectivity index (χ2v) is 14.5. The number of halogens is 3. The third-order valence-corrected chi connectivity index (χ3v) is 11.2. The lowest BCUT2D eigenvalue weighted by atomic mass is 9.83. The molecule has 0 spiro atoms. The average Bonchev–Trinajstić information content (AvgIpc) is 3.42. The fourth-order valence-corrected chi connectivity index (χ4v) is 8.63. The lowest BCUT2D eigenvalue weighted by Crippen LogP contribution is -2.63. The van der Waals surface area contributed by atoms with Crippen LogP contribution in [0.25, 0.3) is 21.6 Å². The van der Waals surface area contributed by atoms with Gasteiger partial charge in [0.1, 0.15) is 10.4 Å². The quantitative estimate of drug-likeness (QED) is 0.130. The van der Waals surface area contributed by atoms with E-state index < -0.39 is 5.54 Å². The highest BCUT2D eigenvalue weighted by atomic mass is 35.5. The van der Waals surface area contributed by atoms with Crippen molar-refractivity contribution < 1.29 is 9.59 Å². The zero-order chi connectivity index (χ0) is 32.0. The molecule has 3 heterocycles. The highest BCUT2D eigenvalue weighted by molar-refractivity contribution is 8.00. The molecule has 2 aliphatic rings. The largest absolute Gasteiger partial charge is 0.383 e. The van der Waals surface area contributed by atoms with Crippen molar-refractivity contribution in [1.82, 2.24) is 14.5 Å². The summed E-state index contributed by atoms with van der Waals surface area (Å²) in [7, 11) is 0. The summed E-state index contributed by atoms with van der Waals surface area (Å²) in [5, 5.41) is 7.01. The monoisotopic (exact) mass is 705 g/mol. The molecule has 2 saturated heterocycles. The third kappa shape index (κ3) is 7.67. The van der Waals surface area contributed by atoms with E-state index in [-0.39, 0.29) is 11.8 Å². The van der Waals surface area contributed by atoms with Crippen LogP contribution in [0.1, 0.15) is 48.2 Å². The van der Waals surface area contributed by atoms with Crippen LogP contribution in [0.3, 0.4) is 0 Å². The second-order valence-electron chi connectivity index (χ2n) is 11.3. The number of likely N-dealkylation sites (tertiary alicyclic amines) is 2. The Morgan fingerprint density at radius 3 is 2.31 bits per heavy atom. The number of carbonyl (C=O) groups is 2. The fraction of sp³-hybridized carbons (Fsp3) is 0.394. The molecular weight excluding hydrogens is 669 g/mol. The van der Waals surface area contributed by atoms with Gasteiger partial charge in [0.2, 0.25) is 5.91 Å². The van der Waals surface area contributed by atoms with Gasteiger partial charge in [-0.2, -0.15) is 0 Å². The van der Waals surface area contributed by atoms with Crippen molar-refractivity contribution in [2.45, 2.75) is 44.1 Å². The van der Waals surface area contributed by atoms with Gasteiger partial charge in [-0.25, -0.2) is 0 Å². The molecule has 5 rings (SSSR count). The van der Waals surface area contributed by atoms with Crippen LogP contribution >= 0.6 is 58.1 Å². The van der Waals surface area contributed by atoms with Gasteiger partial charge >= 0.3 is 0 Å². The van der Waals surface area contributed by atoms with Gasteiger partial charge in [-0.3, -0.25) is 19.2 Å². The Labute approximate surface area is 288 Å². The standard InChI is InChI=1S/C33H38Cl3N5O2S2/c1-2-44-39-16-6-15-38-28-27(22-7-9-23(34)10-8-22)29(25-12-11-24(35)21-26(25)36)45-30(28)31(42)40-19-13-33(14-20-40,32(37)43)41-17-4-3-5-18-41/h2,7-12,21,38-39H,1,3-6,13-20H2,(H2,37,43). The topological polar surface area (TPSA) is 90.7 Å². The van der Waals surface area contributed by atoms with Gasteiger partial charge in [-0.05, 0) is 80.4 Å². The van der Waals surface area contributed by atoms with Gasteiger partial charge in [0.25, 0.3) is 5.91 Å². The van der Waals surface area contributed by atoms with E-state index in [4.69, 9.17) is 40.5 Å². The number of benzene rings is 2. The number of hydrogen-bond acceptors (Lipinski definition) is 7. The van der Waals surface area contributed by atoms with Crippen LogP contribution in [-0.2, 0) is 4.79 Å². The maximum Gasteiger partial charge on any atom is 0.266 e. The zero-order valence-corrected chi connectivity index (χ0v) is 29.0. The average molecular weight is 707 g/mol. The summed E-state index contributed by atoms with van der Waals surface area (Å²) in [5.74, 6) is -0.367. The molecule has 12 heteroatoms. The van der Waals surface area contributed by atoms with E-state index in [0.29, 0.717) is 52.4 Å². The smallest absolute Gasteiger partial charge is 0.266 e. The highest BCUT2D eigenvalue weighted by Crippen LogP contribution is 2.49. The van der Waals surface area contributed by atoms with E-state index in [1.165, 1.54) is 29.7 Å². The molecule has 2 aliphatic heterocycles. The molecule has 0 aliphatic carbocycles. The van der Waals surface area contributed by atoms with Crippen molar-refractivity contribution in [1.29, 1.82) is 0 Å². The molecule has 240 valence electrons. The maximum absolute atomic E-state index is 14.4. The van der Waals surface area contributed by atoms with Crippen molar-refractivity contribution in [3.05, 3.63) is 74.4 Å². The second kappa shape index (κ2) is 15.6. The van der Waals surface area contributed by atoms with E-state index in [9.17, 15) is 9.59 Å². The van der Waals surface area contributed by atoms with Gasteiger partial charge in [-0.15, -0.1) is 11.3 Å². The number of anilines is 1. The minimum absolute atomic E-state index is 0.0777. The molecule has 2 fully saturated rings. The summed E-state index contributed by atoms with van der Waals surface area (Å²) in [6.07, 6.45) is 5.16. The molecule has 1 aromatic heterocycles. The van der Waals surface area contributed by atoms with Gasteiger partial charge in [0, 0.05) is 52.2 Å². The number of nitrogens with two attached hydrogens (primary N) is 1. The van der Waals surface area contributed by atoms with E-state index >= 15 is 0 Å². The number of hydrogen-bond donors (Lipinski definition) is 3. The van der Waals surface area contributed by atoms with E-state index in [1.54, 1.807) is 17.5 Å².